The average Bonchev–Trinajstić information content (AvgIpc) is 3.41. The molecule has 5 heteroatoms. The van der Waals surface area contributed by atoms with Crippen molar-refractivity contribution in [2.24, 2.45) is 0 Å². The first-order valence-corrected chi connectivity index (χ1v) is 9.84. The Balaban J connectivity index is 1.75. The Hall–Kier alpha value is -2.92. The van der Waals surface area contributed by atoms with Crippen LogP contribution in [0.1, 0.15) is 38.5 Å². The largest absolute Gasteiger partial charge is 0.464 e. The Morgan fingerprint density at radius 1 is 1.19 bits per heavy atom. The van der Waals surface area contributed by atoms with Crippen LogP contribution in [-0.4, -0.2) is 10.8 Å². The number of nitrogens with zero attached hydrogens (tertiary/aromatic N) is 1. The van der Waals surface area contributed by atoms with Crippen molar-refractivity contribution in [3.63, 3.8) is 0 Å². The van der Waals surface area contributed by atoms with Crippen molar-refractivity contribution in [1.82, 2.24) is 4.98 Å². The Bertz CT molecular complexity index is 1170. The number of aromatic nitrogens is 1. The fraction of sp³-hybridized carbons (Fsp3) is 0.182. The van der Waals surface area contributed by atoms with E-state index in [1.165, 1.54) is 16.9 Å². The molecule has 27 heavy (non-hydrogen) atoms. The summed E-state index contributed by atoms with van der Waals surface area (Å²) in [6.07, 6.45) is 4.68. The first-order valence-electron chi connectivity index (χ1n) is 9.02. The zero-order chi connectivity index (χ0) is 18.5. The standard InChI is InChI=1S/C22H18N2O2S/c1-12-7-9-13(10-8-12)20(25)21-19(23)18-17(16-6-3-11-26-16)14-4-2-5-15(14)24-22(18)27-21/h3,6-11H,2,4-5,23H2,1H3. The first kappa shape index (κ1) is 16.3. The molecule has 134 valence electrons. The quantitative estimate of drug-likeness (QED) is 0.503. The van der Waals surface area contributed by atoms with Crippen LogP contribution in [0.15, 0.2) is 47.1 Å². The molecule has 2 N–H and O–H groups in total. The maximum Gasteiger partial charge on any atom is 0.205 e. The molecule has 3 aromatic heterocycles. The Morgan fingerprint density at radius 3 is 2.74 bits per heavy atom. The van der Waals surface area contributed by atoms with E-state index in [0.717, 1.165) is 52.1 Å². The van der Waals surface area contributed by atoms with Gasteiger partial charge in [-0.3, -0.25) is 4.79 Å². The molecule has 0 fully saturated rings. The Labute approximate surface area is 160 Å². The number of benzene rings is 1. The summed E-state index contributed by atoms with van der Waals surface area (Å²) in [4.78, 5) is 19.3. The second-order valence-electron chi connectivity index (χ2n) is 6.96. The van der Waals surface area contributed by atoms with Gasteiger partial charge in [0.2, 0.25) is 5.78 Å². The van der Waals surface area contributed by atoms with Crippen molar-refractivity contribution in [1.29, 1.82) is 0 Å². The van der Waals surface area contributed by atoms with Gasteiger partial charge in [0.1, 0.15) is 15.5 Å². The van der Waals surface area contributed by atoms with Gasteiger partial charge in [-0.15, -0.1) is 11.3 Å². The number of hydrogen-bond donors (Lipinski definition) is 1. The molecular formula is C22H18N2O2S. The van der Waals surface area contributed by atoms with Crippen molar-refractivity contribution >= 4 is 33.0 Å². The van der Waals surface area contributed by atoms with Gasteiger partial charge in [-0.1, -0.05) is 29.8 Å². The molecule has 0 bridgehead atoms. The highest BCUT2D eigenvalue weighted by molar-refractivity contribution is 7.21. The van der Waals surface area contributed by atoms with Crippen LogP contribution in [0.4, 0.5) is 5.69 Å². The number of hydrogen-bond acceptors (Lipinski definition) is 5. The van der Waals surface area contributed by atoms with Gasteiger partial charge in [0, 0.05) is 22.2 Å². The molecular weight excluding hydrogens is 356 g/mol. The van der Waals surface area contributed by atoms with Crippen LogP contribution >= 0.6 is 11.3 Å². The van der Waals surface area contributed by atoms with Crippen LogP contribution in [0.5, 0.6) is 0 Å². The molecule has 0 amide bonds. The number of furan rings is 1. The summed E-state index contributed by atoms with van der Waals surface area (Å²) >= 11 is 1.38. The molecule has 5 rings (SSSR count). The van der Waals surface area contributed by atoms with Crippen LogP contribution < -0.4 is 5.73 Å². The molecule has 0 saturated heterocycles. The van der Waals surface area contributed by atoms with Crippen molar-refractivity contribution in [2.45, 2.75) is 26.2 Å². The zero-order valence-corrected chi connectivity index (χ0v) is 15.7. The van der Waals surface area contributed by atoms with Crippen LogP contribution in [0.3, 0.4) is 0 Å². The molecule has 4 aromatic rings. The molecule has 1 aromatic carbocycles. The van der Waals surface area contributed by atoms with E-state index in [-0.39, 0.29) is 5.78 Å². The van der Waals surface area contributed by atoms with E-state index < -0.39 is 0 Å². The van der Waals surface area contributed by atoms with Gasteiger partial charge in [0.25, 0.3) is 0 Å². The lowest BCUT2D eigenvalue weighted by molar-refractivity contribution is 0.104. The number of carbonyl (C=O) groups is 1. The number of thiophene rings is 1. The maximum atomic E-state index is 13.1. The molecule has 0 atom stereocenters. The molecule has 0 radical (unpaired) electrons. The number of pyridine rings is 1. The number of rotatable bonds is 3. The predicted molar refractivity (Wildman–Crippen MR) is 108 cm³/mol. The summed E-state index contributed by atoms with van der Waals surface area (Å²) in [5.74, 6) is 0.737. The summed E-state index contributed by atoms with van der Waals surface area (Å²) in [5, 5.41) is 0.853. The van der Waals surface area contributed by atoms with Crippen LogP contribution in [-0.2, 0) is 12.8 Å². The lowest BCUT2D eigenvalue weighted by Gasteiger charge is -2.08. The SMILES string of the molecule is Cc1ccc(C(=O)c2sc3nc4c(c(-c5ccco5)c3c2N)CCC4)cc1. The third-order valence-electron chi connectivity index (χ3n) is 5.19. The number of ketones is 1. The number of anilines is 1. The lowest BCUT2D eigenvalue weighted by atomic mass is 9.99. The normalized spacial score (nSPS) is 13.2. The van der Waals surface area contributed by atoms with Gasteiger partial charge in [-0.05, 0) is 43.9 Å². The zero-order valence-electron chi connectivity index (χ0n) is 14.9. The molecule has 0 aliphatic heterocycles. The monoisotopic (exact) mass is 374 g/mol. The smallest absolute Gasteiger partial charge is 0.205 e. The molecule has 1 aliphatic rings. The summed E-state index contributed by atoms with van der Waals surface area (Å²) in [6.45, 7) is 2.00. The highest BCUT2D eigenvalue weighted by Crippen LogP contribution is 2.44. The molecule has 0 unspecified atom stereocenters. The van der Waals surface area contributed by atoms with Gasteiger partial charge in [0.05, 0.1) is 12.0 Å². The highest BCUT2D eigenvalue weighted by atomic mass is 32.1. The Kier molecular flexibility index (Phi) is 3.65. The topological polar surface area (TPSA) is 69.1 Å². The van der Waals surface area contributed by atoms with Crippen LogP contribution in [0.25, 0.3) is 21.5 Å². The molecule has 1 aliphatic carbocycles. The third-order valence-corrected chi connectivity index (χ3v) is 6.29. The molecule has 0 saturated carbocycles. The summed E-state index contributed by atoms with van der Waals surface area (Å²) in [6, 6.07) is 11.4. The van der Waals surface area contributed by atoms with Gasteiger partial charge >= 0.3 is 0 Å². The minimum Gasteiger partial charge on any atom is -0.464 e. The highest BCUT2D eigenvalue weighted by Gasteiger charge is 2.27. The van der Waals surface area contributed by atoms with E-state index in [1.54, 1.807) is 6.26 Å². The predicted octanol–water partition coefficient (Wildman–Crippen LogP) is 5.17. The number of carbonyl (C=O) groups excluding carboxylic acids is 1. The van der Waals surface area contributed by atoms with E-state index in [1.807, 2.05) is 43.3 Å². The summed E-state index contributed by atoms with van der Waals surface area (Å²) in [7, 11) is 0. The molecule has 4 nitrogen and oxygen atoms in total. The maximum absolute atomic E-state index is 13.1. The number of nitrogens with two attached hydrogens (primary N) is 1. The van der Waals surface area contributed by atoms with Crippen molar-refractivity contribution in [3.05, 3.63) is 69.9 Å². The number of fused-ring (bicyclic) bond motifs is 2. The fourth-order valence-corrected chi connectivity index (χ4v) is 4.93. The minimum atomic E-state index is -0.0546. The van der Waals surface area contributed by atoms with Crippen LogP contribution in [0, 0.1) is 6.92 Å². The van der Waals surface area contributed by atoms with E-state index in [2.05, 4.69) is 0 Å². The molecule has 3 heterocycles. The van der Waals surface area contributed by atoms with Crippen molar-refractivity contribution < 1.29 is 9.21 Å². The summed E-state index contributed by atoms with van der Waals surface area (Å²) in [5.41, 5.74) is 12.1. The third kappa shape index (κ3) is 2.50. The lowest BCUT2D eigenvalue weighted by Crippen LogP contribution is -2.02. The van der Waals surface area contributed by atoms with Gasteiger partial charge in [0.15, 0.2) is 0 Å². The average molecular weight is 374 g/mol. The minimum absolute atomic E-state index is 0.0546. The van der Waals surface area contributed by atoms with E-state index >= 15 is 0 Å². The van der Waals surface area contributed by atoms with Crippen LogP contribution in [0.2, 0.25) is 0 Å². The van der Waals surface area contributed by atoms with Gasteiger partial charge in [-0.2, -0.15) is 0 Å². The number of nitrogen functional groups attached to an aromatic ring is 1. The second kappa shape index (κ2) is 6.06. The van der Waals surface area contributed by atoms with E-state index in [0.29, 0.717) is 16.1 Å². The number of aryl methyl sites for hydroxylation is 2. The second-order valence-corrected chi connectivity index (χ2v) is 7.96. The van der Waals surface area contributed by atoms with Crippen molar-refractivity contribution in [2.75, 3.05) is 5.73 Å². The Morgan fingerprint density at radius 2 is 2.00 bits per heavy atom. The summed E-state index contributed by atoms with van der Waals surface area (Å²) < 4.78 is 5.71. The fourth-order valence-electron chi connectivity index (χ4n) is 3.84. The van der Waals surface area contributed by atoms with Gasteiger partial charge in [-0.25, -0.2) is 4.98 Å². The van der Waals surface area contributed by atoms with Gasteiger partial charge < -0.3 is 10.2 Å². The van der Waals surface area contributed by atoms with Crippen molar-refractivity contribution in [3.8, 4) is 11.3 Å². The van der Waals surface area contributed by atoms with E-state index in [4.69, 9.17) is 15.1 Å². The molecule has 0 spiro atoms. The van der Waals surface area contributed by atoms with E-state index in [9.17, 15) is 4.79 Å². The first-order chi connectivity index (χ1) is 13.1.